The van der Waals surface area contributed by atoms with Crippen molar-refractivity contribution >= 4 is 5.78 Å². The Morgan fingerprint density at radius 3 is 2.62 bits per heavy atom. The lowest BCUT2D eigenvalue weighted by Gasteiger charge is -2.38. The van der Waals surface area contributed by atoms with Crippen LogP contribution in [0.3, 0.4) is 0 Å². The van der Waals surface area contributed by atoms with E-state index in [1.807, 2.05) is 26.0 Å². The predicted molar refractivity (Wildman–Crippen MR) is 118 cm³/mol. The van der Waals surface area contributed by atoms with Gasteiger partial charge in [0, 0.05) is 40.4 Å². The number of benzene rings is 1. The van der Waals surface area contributed by atoms with Gasteiger partial charge in [-0.2, -0.15) is 5.26 Å². The van der Waals surface area contributed by atoms with Crippen LogP contribution in [0.4, 0.5) is 4.39 Å². The van der Waals surface area contributed by atoms with Gasteiger partial charge in [-0.3, -0.25) is 9.78 Å². The molecule has 2 heterocycles. The van der Waals surface area contributed by atoms with E-state index < -0.39 is 0 Å². The van der Waals surface area contributed by atoms with Crippen molar-refractivity contribution in [2.45, 2.75) is 32.6 Å². The molecule has 0 aliphatic heterocycles. The zero-order valence-electron chi connectivity index (χ0n) is 17.8. The fraction of sp³-hybridized carbons (Fsp3) is 0.269. The van der Waals surface area contributed by atoms with Gasteiger partial charge in [-0.15, -0.1) is 0 Å². The topological polar surface area (TPSA) is 79.5 Å². The quantitative estimate of drug-likeness (QED) is 0.580. The first kappa shape index (κ1) is 20.2. The van der Waals surface area contributed by atoms with E-state index in [1.165, 1.54) is 12.1 Å². The summed E-state index contributed by atoms with van der Waals surface area (Å²) in [5.74, 6) is -0.104. The molecule has 0 saturated carbocycles. The molecule has 32 heavy (non-hydrogen) atoms. The summed E-state index contributed by atoms with van der Waals surface area (Å²) in [4.78, 5) is 26.7. The minimum absolute atomic E-state index is 0.0880. The number of nitriles is 1. The normalized spacial score (nSPS) is 21.9. The molecular weight excluding hydrogens is 403 g/mol. The van der Waals surface area contributed by atoms with Crippen LogP contribution >= 0.6 is 0 Å². The average Bonchev–Trinajstić information content (AvgIpc) is 2.81. The molecule has 3 aromatic rings. The molecule has 3 atom stereocenters. The molecule has 5 nitrogen and oxygen atoms in total. The Kier molecular flexibility index (Phi) is 4.90. The van der Waals surface area contributed by atoms with Crippen molar-refractivity contribution < 1.29 is 9.18 Å². The zero-order chi connectivity index (χ0) is 22.4. The molecule has 0 N–H and O–H groups in total. The van der Waals surface area contributed by atoms with Gasteiger partial charge < -0.3 is 0 Å². The minimum Gasteiger partial charge on any atom is -0.293 e. The van der Waals surface area contributed by atoms with Crippen molar-refractivity contribution in [2.75, 3.05) is 0 Å². The smallest absolute Gasteiger partial charge is 0.176 e. The Labute approximate surface area is 185 Å². The van der Waals surface area contributed by atoms with Crippen LogP contribution in [0.2, 0.25) is 0 Å². The highest BCUT2D eigenvalue weighted by atomic mass is 19.1. The Morgan fingerprint density at radius 1 is 1.12 bits per heavy atom. The number of halogens is 1. The third-order valence-corrected chi connectivity index (χ3v) is 6.60. The maximum Gasteiger partial charge on any atom is 0.176 e. The van der Waals surface area contributed by atoms with Crippen LogP contribution in [0.1, 0.15) is 36.2 Å². The summed E-state index contributed by atoms with van der Waals surface area (Å²) in [5, 5.41) is 9.52. The minimum atomic E-state index is -0.303. The van der Waals surface area contributed by atoms with Crippen LogP contribution in [-0.2, 0) is 11.2 Å². The number of hydrogen-bond donors (Lipinski definition) is 0. The van der Waals surface area contributed by atoms with Gasteiger partial charge in [0.1, 0.15) is 11.9 Å². The number of ketones is 1. The first-order valence-electron chi connectivity index (χ1n) is 10.7. The number of nitrogens with zero attached hydrogens (tertiary/aromatic N) is 4. The SMILES string of the molecule is Cc1cc(-c2nc(-c3ccc(F)cc3)c3c(n2)C2C=C(C#N)C(=O)C(C)C2CC3)ccn1. The number of carbonyl (C=O) groups is 1. The molecule has 158 valence electrons. The monoisotopic (exact) mass is 424 g/mol. The number of Topliss-reactive ketones (excluding diaryl/α,β-unsaturated/α-hetero) is 1. The Hall–Kier alpha value is -3.72. The number of aryl methyl sites for hydroxylation is 1. The molecule has 0 radical (unpaired) electrons. The van der Waals surface area contributed by atoms with E-state index in [4.69, 9.17) is 9.97 Å². The van der Waals surface area contributed by atoms with E-state index in [9.17, 15) is 14.4 Å². The van der Waals surface area contributed by atoms with Gasteiger partial charge in [0.15, 0.2) is 11.6 Å². The number of carbonyl (C=O) groups excluding carboxylic acids is 1. The van der Waals surface area contributed by atoms with E-state index in [2.05, 4.69) is 11.1 Å². The molecular formula is C26H21FN4O. The number of aromatic nitrogens is 3. The van der Waals surface area contributed by atoms with E-state index in [0.29, 0.717) is 5.82 Å². The van der Waals surface area contributed by atoms with Crippen LogP contribution in [0.15, 0.2) is 54.2 Å². The van der Waals surface area contributed by atoms with Gasteiger partial charge in [0.25, 0.3) is 0 Å². The van der Waals surface area contributed by atoms with E-state index in [0.717, 1.165) is 46.6 Å². The van der Waals surface area contributed by atoms with Crippen molar-refractivity contribution in [3.63, 3.8) is 0 Å². The van der Waals surface area contributed by atoms with Crippen molar-refractivity contribution in [2.24, 2.45) is 11.8 Å². The van der Waals surface area contributed by atoms with Crippen LogP contribution in [0.5, 0.6) is 0 Å². The second-order valence-electron chi connectivity index (χ2n) is 8.53. The number of rotatable bonds is 2. The molecule has 6 heteroatoms. The Bertz CT molecular complexity index is 1310. The zero-order valence-corrected chi connectivity index (χ0v) is 17.8. The van der Waals surface area contributed by atoms with Crippen LogP contribution in [0.25, 0.3) is 22.6 Å². The van der Waals surface area contributed by atoms with Gasteiger partial charge in [-0.25, -0.2) is 14.4 Å². The molecule has 0 saturated heterocycles. The van der Waals surface area contributed by atoms with Gasteiger partial charge in [-0.1, -0.05) is 13.0 Å². The molecule has 3 unspecified atom stereocenters. The molecule has 2 aromatic heterocycles. The maximum atomic E-state index is 13.6. The summed E-state index contributed by atoms with van der Waals surface area (Å²) >= 11 is 0. The largest absolute Gasteiger partial charge is 0.293 e. The molecule has 0 spiro atoms. The number of fused-ring (bicyclic) bond motifs is 3. The van der Waals surface area contributed by atoms with Gasteiger partial charge in [0.2, 0.25) is 0 Å². The number of allylic oxidation sites excluding steroid dienone is 2. The van der Waals surface area contributed by atoms with E-state index >= 15 is 0 Å². The highest BCUT2D eigenvalue weighted by Gasteiger charge is 2.42. The fourth-order valence-electron chi connectivity index (χ4n) is 4.93. The lowest BCUT2D eigenvalue weighted by Crippen LogP contribution is -2.35. The summed E-state index contributed by atoms with van der Waals surface area (Å²) in [6, 6.07) is 12.2. The molecule has 1 aromatic carbocycles. The predicted octanol–water partition coefficient (Wildman–Crippen LogP) is 4.97. The fourth-order valence-corrected chi connectivity index (χ4v) is 4.93. The van der Waals surface area contributed by atoms with Gasteiger partial charge >= 0.3 is 0 Å². The number of pyridine rings is 1. The number of hydrogen-bond acceptors (Lipinski definition) is 5. The lowest BCUT2D eigenvalue weighted by atomic mass is 9.66. The van der Waals surface area contributed by atoms with Crippen molar-refractivity contribution in [3.8, 4) is 28.7 Å². The maximum absolute atomic E-state index is 13.6. The average molecular weight is 424 g/mol. The summed E-state index contributed by atoms with van der Waals surface area (Å²) in [7, 11) is 0. The molecule has 5 rings (SSSR count). The first-order valence-corrected chi connectivity index (χ1v) is 10.7. The Balaban J connectivity index is 1.76. The third kappa shape index (κ3) is 3.31. The van der Waals surface area contributed by atoms with Crippen LogP contribution < -0.4 is 0 Å². The third-order valence-electron chi connectivity index (χ3n) is 6.60. The molecule has 0 fully saturated rings. The van der Waals surface area contributed by atoms with Crippen LogP contribution in [0, 0.1) is 35.9 Å². The van der Waals surface area contributed by atoms with Gasteiger partial charge in [0.05, 0.1) is 17.0 Å². The van der Waals surface area contributed by atoms with Crippen LogP contribution in [-0.4, -0.2) is 20.7 Å². The van der Waals surface area contributed by atoms with Crippen molar-refractivity contribution in [1.82, 2.24) is 15.0 Å². The summed E-state index contributed by atoms with van der Waals surface area (Å²) in [6.07, 6.45) is 5.05. The molecule has 2 aliphatic carbocycles. The Morgan fingerprint density at radius 2 is 1.91 bits per heavy atom. The standard InChI is InChI=1S/C26H21FN4O/c1-14-11-17(9-10-29-14)26-30-23(16-3-5-19(27)6-4-16)21-8-7-20-15(2)25(32)18(13-28)12-22(20)24(21)31-26/h3-6,9-12,15,20,22H,7-8H2,1-2H3. The van der Waals surface area contributed by atoms with E-state index in [1.54, 1.807) is 24.4 Å². The molecule has 0 amide bonds. The summed E-state index contributed by atoms with van der Waals surface area (Å²) in [5.41, 5.74) is 5.35. The second-order valence-corrected chi connectivity index (χ2v) is 8.53. The molecule has 0 bridgehead atoms. The first-order chi connectivity index (χ1) is 15.5. The highest BCUT2D eigenvalue weighted by Crippen LogP contribution is 2.46. The summed E-state index contributed by atoms with van der Waals surface area (Å²) < 4.78 is 13.6. The van der Waals surface area contributed by atoms with Crippen molar-refractivity contribution in [3.05, 3.63) is 77.0 Å². The van der Waals surface area contributed by atoms with E-state index in [-0.39, 0.29) is 34.9 Å². The highest BCUT2D eigenvalue weighted by molar-refractivity contribution is 6.01. The van der Waals surface area contributed by atoms with Crippen molar-refractivity contribution in [1.29, 1.82) is 5.26 Å². The molecule has 2 aliphatic rings. The summed E-state index contributed by atoms with van der Waals surface area (Å²) in [6.45, 7) is 3.82. The lowest BCUT2D eigenvalue weighted by molar-refractivity contribution is -0.120. The van der Waals surface area contributed by atoms with Gasteiger partial charge in [-0.05, 0) is 62.1 Å². The second kappa shape index (κ2) is 7.76.